The molecule has 3 rings (SSSR count). The standard InChI is InChI=1S/C21H22ClN3O3S/c1-4-5-18(26)25-20-24-16-11-8-14(12-17(16)29-20)23-19(27)21(2,3)28-15-9-6-13(22)7-10-15/h6-12H,4-5H2,1-3H3,(H,23,27)(H,24,25,26). The average Bonchev–Trinajstić information content (AvgIpc) is 3.05. The van der Waals surface area contributed by atoms with E-state index in [1.54, 1.807) is 44.2 Å². The number of hydrogen-bond acceptors (Lipinski definition) is 5. The zero-order valence-electron chi connectivity index (χ0n) is 16.4. The zero-order chi connectivity index (χ0) is 21.0. The molecule has 0 aliphatic rings. The fourth-order valence-electron chi connectivity index (χ4n) is 2.59. The second-order valence-electron chi connectivity index (χ2n) is 7.02. The summed E-state index contributed by atoms with van der Waals surface area (Å²) in [7, 11) is 0. The SMILES string of the molecule is CCCC(=O)Nc1nc2ccc(NC(=O)C(C)(C)Oc3ccc(Cl)cc3)cc2s1. The van der Waals surface area contributed by atoms with Crippen LogP contribution >= 0.6 is 22.9 Å². The van der Waals surface area contributed by atoms with Crippen molar-refractivity contribution in [2.24, 2.45) is 0 Å². The lowest BCUT2D eigenvalue weighted by Gasteiger charge is -2.25. The molecule has 2 amide bonds. The highest BCUT2D eigenvalue weighted by Gasteiger charge is 2.30. The molecule has 0 saturated carbocycles. The van der Waals surface area contributed by atoms with Gasteiger partial charge in [0.25, 0.3) is 5.91 Å². The van der Waals surface area contributed by atoms with E-state index < -0.39 is 5.60 Å². The van der Waals surface area contributed by atoms with Gasteiger partial charge in [-0.3, -0.25) is 9.59 Å². The molecule has 0 radical (unpaired) electrons. The molecule has 6 nitrogen and oxygen atoms in total. The summed E-state index contributed by atoms with van der Waals surface area (Å²) in [4.78, 5) is 28.9. The van der Waals surface area contributed by atoms with Gasteiger partial charge in [-0.1, -0.05) is 29.9 Å². The van der Waals surface area contributed by atoms with E-state index in [2.05, 4.69) is 15.6 Å². The van der Waals surface area contributed by atoms with Crippen molar-refractivity contribution in [3.63, 3.8) is 0 Å². The largest absolute Gasteiger partial charge is 0.478 e. The number of hydrogen-bond donors (Lipinski definition) is 2. The molecule has 0 spiro atoms. The first kappa shape index (κ1) is 21.1. The number of benzene rings is 2. The van der Waals surface area contributed by atoms with Gasteiger partial charge in [0.2, 0.25) is 5.91 Å². The minimum atomic E-state index is -1.09. The van der Waals surface area contributed by atoms with Crippen LogP contribution in [0.2, 0.25) is 5.02 Å². The van der Waals surface area contributed by atoms with E-state index in [0.29, 0.717) is 28.0 Å². The monoisotopic (exact) mass is 431 g/mol. The van der Waals surface area contributed by atoms with Gasteiger partial charge in [0.15, 0.2) is 10.7 Å². The van der Waals surface area contributed by atoms with Gasteiger partial charge in [0.1, 0.15) is 5.75 Å². The summed E-state index contributed by atoms with van der Waals surface area (Å²) in [5.74, 6) is 0.217. The number of rotatable bonds is 7. The summed E-state index contributed by atoms with van der Waals surface area (Å²) >= 11 is 7.25. The summed E-state index contributed by atoms with van der Waals surface area (Å²) in [6.45, 7) is 5.35. The van der Waals surface area contributed by atoms with Gasteiger partial charge >= 0.3 is 0 Å². The van der Waals surface area contributed by atoms with Crippen molar-refractivity contribution >= 4 is 55.8 Å². The lowest BCUT2D eigenvalue weighted by molar-refractivity contribution is -0.128. The first-order valence-corrected chi connectivity index (χ1v) is 10.4. The first-order valence-electron chi connectivity index (χ1n) is 9.23. The third-order valence-electron chi connectivity index (χ3n) is 4.10. The smallest absolute Gasteiger partial charge is 0.267 e. The Hall–Kier alpha value is -2.64. The van der Waals surface area contributed by atoms with Gasteiger partial charge < -0.3 is 15.4 Å². The maximum Gasteiger partial charge on any atom is 0.267 e. The number of nitrogens with zero attached hydrogens (tertiary/aromatic N) is 1. The molecule has 0 aliphatic carbocycles. The van der Waals surface area contributed by atoms with Crippen LogP contribution in [0, 0.1) is 0 Å². The highest BCUT2D eigenvalue weighted by Crippen LogP contribution is 2.29. The van der Waals surface area contributed by atoms with Crippen LogP contribution in [0.3, 0.4) is 0 Å². The van der Waals surface area contributed by atoms with Crippen LogP contribution in [0.5, 0.6) is 5.75 Å². The lowest BCUT2D eigenvalue weighted by Crippen LogP contribution is -2.42. The molecule has 0 bridgehead atoms. The molecule has 0 atom stereocenters. The van der Waals surface area contributed by atoms with E-state index in [1.807, 2.05) is 19.1 Å². The van der Waals surface area contributed by atoms with Crippen molar-refractivity contribution in [3.05, 3.63) is 47.5 Å². The highest BCUT2D eigenvalue weighted by molar-refractivity contribution is 7.22. The normalized spacial score (nSPS) is 11.3. The van der Waals surface area contributed by atoms with Gasteiger partial charge in [0.05, 0.1) is 10.2 Å². The number of amides is 2. The van der Waals surface area contributed by atoms with Crippen molar-refractivity contribution < 1.29 is 14.3 Å². The maximum absolute atomic E-state index is 12.7. The Morgan fingerprint density at radius 2 is 1.86 bits per heavy atom. The Labute approximate surface area is 178 Å². The Morgan fingerprint density at radius 1 is 1.14 bits per heavy atom. The van der Waals surface area contributed by atoms with E-state index >= 15 is 0 Å². The molecule has 3 aromatic rings. The maximum atomic E-state index is 12.7. The molecule has 29 heavy (non-hydrogen) atoms. The molecule has 152 valence electrons. The minimum absolute atomic E-state index is 0.0545. The molecule has 0 unspecified atom stereocenters. The summed E-state index contributed by atoms with van der Waals surface area (Å²) in [6.07, 6.45) is 1.24. The molecular formula is C21H22ClN3O3S. The zero-order valence-corrected chi connectivity index (χ0v) is 18.0. The molecule has 1 aromatic heterocycles. The van der Waals surface area contributed by atoms with Crippen LogP contribution in [0.25, 0.3) is 10.2 Å². The topological polar surface area (TPSA) is 80.3 Å². The van der Waals surface area contributed by atoms with E-state index in [0.717, 1.165) is 16.6 Å². The van der Waals surface area contributed by atoms with Crippen LogP contribution in [-0.4, -0.2) is 22.4 Å². The summed E-state index contributed by atoms with van der Waals surface area (Å²) < 4.78 is 6.69. The van der Waals surface area contributed by atoms with Gasteiger partial charge in [0, 0.05) is 17.1 Å². The van der Waals surface area contributed by atoms with Crippen molar-refractivity contribution in [2.75, 3.05) is 10.6 Å². The fourth-order valence-corrected chi connectivity index (χ4v) is 3.64. The Morgan fingerprint density at radius 3 is 2.55 bits per heavy atom. The number of carbonyl (C=O) groups is 2. The number of thiazole rings is 1. The van der Waals surface area contributed by atoms with Crippen LogP contribution < -0.4 is 15.4 Å². The fraction of sp³-hybridized carbons (Fsp3) is 0.286. The van der Waals surface area contributed by atoms with Crippen LogP contribution in [0.15, 0.2) is 42.5 Å². The number of ether oxygens (including phenoxy) is 1. The lowest BCUT2D eigenvalue weighted by atomic mass is 10.1. The third kappa shape index (κ3) is 5.46. The molecule has 0 aliphatic heterocycles. The van der Waals surface area contributed by atoms with Crippen molar-refractivity contribution in [1.29, 1.82) is 0 Å². The van der Waals surface area contributed by atoms with Gasteiger partial charge in [-0.05, 0) is 62.7 Å². The number of carbonyl (C=O) groups excluding carboxylic acids is 2. The molecular weight excluding hydrogens is 410 g/mol. The van der Waals surface area contributed by atoms with Gasteiger partial charge in [-0.25, -0.2) is 4.98 Å². The van der Waals surface area contributed by atoms with E-state index in [1.165, 1.54) is 11.3 Å². The predicted octanol–water partition coefficient (Wildman–Crippen LogP) is 5.48. The molecule has 2 aromatic carbocycles. The number of aromatic nitrogens is 1. The Bertz CT molecular complexity index is 1030. The third-order valence-corrected chi connectivity index (χ3v) is 5.29. The van der Waals surface area contributed by atoms with E-state index in [9.17, 15) is 9.59 Å². The highest BCUT2D eigenvalue weighted by atomic mass is 35.5. The Kier molecular flexibility index (Phi) is 6.39. The number of anilines is 2. The summed E-state index contributed by atoms with van der Waals surface area (Å²) in [5, 5.41) is 6.83. The van der Waals surface area contributed by atoms with Crippen LogP contribution in [-0.2, 0) is 9.59 Å². The van der Waals surface area contributed by atoms with Crippen LogP contribution in [0.4, 0.5) is 10.8 Å². The van der Waals surface area contributed by atoms with Crippen LogP contribution in [0.1, 0.15) is 33.6 Å². The van der Waals surface area contributed by atoms with E-state index in [-0.39, 0.29) is 11.8 Å². The van der Waals surface area contributed by atoms with Crippen molar-refractivity contribution in [3.8, 4) is 5.75 Å². The first-order chi connectivity index (χ1) is 13.8. The summed E-state index contributed by atoms with van der Waals surface area (Å²) in [5.41, 5.74) is 0.303. The van der Waals surface area contributed by atoms with E-state index in [4.69, 9.17) is 16.3 Å². The average molecular weight is 432 g/mol. The predicted molar refractivity (Wildman–Crippen MR) is 118 cm³/mol. The quantitative estimate of drug-likeness (QED) is 0.518. The molecule has 0 fully saturated rings. The minimum Gasteiger partial charge on any atom is -0.478 e. The van der Waals surface area contributed by atoms with Gasteiger partial charge in [-0.2, -0.15) is 0 Å². The van der Waals surface area contributed by atoms with Crippen molar-refractivity contribution in [2.45, 2.75) is 39.2 Å². The molecule has 2 N–H and O–H groups in total. The second kappa shape index (κ2) is 8.80. The van der Waals surface area contributed by atoms with Crippen molar-refractivity contribution in [1.82, 2.24) is 4.98 Å². The Balaban J connectivity index is 1.70. The van der Waals surface area contributed by atoms with Gasteiger partial charge in [-0.15, -0.1) is 0 Å². The molecule has 1 heterocycles. The number of fused-ring (bicyclic) bond motifs is 1. The number of nitrogens with one attached hydrogen (secondary N) is 2. The molecule has 0 saturated heterocycles. The summed E-state index contributed by atoms with van der Waals surface area (Å²) in [6, 6.07) is 12.3. The molecule has 8 heteroatoms. The number of halogens is 1. The second-order valence-corrected chi connectivity index (χ2v) is 8.49.